The van der Waals surface area contributed by atoms with Crippen molar-refractivity contribution in [2.75, 3.05) is 0 Å². The largest absolute Gasteiger partial charge is 0.303 e. The van der Waals surface area contributed by atoms with Crippen LogP contribution in [0.3, 0.4) is 0 Å². The number of rotatable bonds is 4. The SMILES string of the molecule is CC(CC=O)Cc1ccc(Cl)cc1. The van der Waals surface area contributed by atoms with Crippen LogP contribution < -0.4 is 0 Å². The van der Waals surface area contributed by atoms with Crippen LogP contribution in [0.2, 0.25) is 5.02 Å². The van der Waals surface area contributed by atoms with Crippen LogP contribution in [0, 0.1) is 5.92 Å². The molecule has 0 aliphatic rings. The van der Waals surface area contributed by atoms with Gasteiger partial charge in [-0.05, 0) is 30.0 Å². The summed E-state index contributed by atoms with van der Waals surface area (Å²) in [5.74, 6) is 0.415. The third-order valence-corrected chi connectivity index (χ3v) is 2.25. The lowest BCUT2D eigenvalue weighted by Gasteiger charge is -2.06. The van der Waals surface area contributed by atoms with Crippen molar-refractivity contribution in [3.05, 3.63) is 34.9 Å². The van der Waals surface area contributed by atoms with Crippen LogP contribution in [0.4, 0.5) is 0 Å². The van der Waals surface area contributed by atoms with E-state index in [0.29, 0.717) is 12.3 Å². The molecule has 0 aromatic heterocycles. The van der Waals surface area contributed by atoms with E-state index in [4.69, 9.17) is 11.6 Å². The second-order valence-electron chi connectivity index (χ2n) is 3.34. The second-order valence-corrected chi connectivity index (χ2v) is 3.77. The number of hydrogen-bond donors (Lipinski definition) is 0. The number of benzene rings is 1. The van der Waals surface area contributed by atoms with E-state index in [9.17, 15) is 4.79 Å². The van der Waals surface area contributed by atoms with E-state index in [0.717, 1.165) is 17.7 Å². The Labute approximate surface area is 83.7 Å². The molecule has 0 aliphatic heterocycles. The molecule has 0 fully saturated rings. The Balaban J connectivity index is 2.53. The van der Waals surface area contributed by atoms with E-state index in [2.05, 4.69) is 6.92 Å². The van der Waals surface area contributed by atoms with Crippen LogP contribution in [-0.2, 0) is 11.2 Å². The molecule has 1 nitrogen and oxygen atoms in total. The Hall–Kier alpha value is -0.820. The highest BCUT2D eigenvalue weighted by Crippen LogP contribution is 2.14. The molecule has 0 radical (unpaired) electrons. The molecule has 1 atom stereocenters. The average Bonchev–Trinajstić information content (AvgIpc) is 2.09. The zero-order valence-corrected chi connectivity index (χ0v) is 8.42. The van der Waals surface area contributed by atoms with Crippen molar-refractivity contribution in [3.63, 3.8) is 0 Å². The molecule has 1 rings (SSSR count). The molecule has 0 saturated carbocycles. The van der Waals surface area contributed by atoms with Gasteiger partial charge in [-0.1, -0.05) is 30.7 Å². The summed E-state index contributed by atoms with van der Waals surface area (Å²) >= 11 is 5.75. The minimum absolute atomic E-state index is 0.415. The molecular formula is C11H13ClO. The monoisotopic (exact) mass is 196 g/mol. The number of aldehydes is 1. The Kier molecular flexibility index (Phi) is 3.97. The van der Waals surface area contributed by atoms with Gasteiger partial charge in [-0.15, -0.1) is 0 Å². The minimum Gasteiger partial charge on any atom is -0.303 e. The van der Waals surface area contributed by atoms with E-state index >= 15 is 0 Å². The molecule has 0 N–H and O–H groups in total. The van der Waals surface area contributed by atoms with Gasteiger partial charge in [-0.3, -0.25) is 0 Å². The molecule has 0 amide bonds. The van der Waals surface area contributed by atoms with Crippen LogP contribution in [0.15, 0.2) is 24.3 Å². The number of hydrogen-bond acceptors (Lipinski definition) is 1. The first-order chi connectivity index (χ1) is 6.22. The van der Waals surface area contributed by atoms with Crippen LogP contribution in [-0.4, -0.2) is 6.29 Å². The quantitative estimate of drug-likeness (QED) is 0.677. The van der Waals surface area contributed by atoms with Gasteiger partial charge in [-0.2, -0.15) is 0 Å². The lowest BCUT2D eigenvalue weighted by atomic mass is 9.99. The molecular weight excluding hydrogens is 184 g/mol. The molecule has 1 unspecified atom stereocenters. The first-order valence-corrected chi connectivity index (χ1v) is 4.78. The summed E-state index contributed by atoms with van der Waals surface area (Å²) < 4.78 is 0. The van der Waals surface area contributed by atoms with Gasteiger partial charge in [0.05, 0.1) is 0 Å². The smallest absolute Gasteiger partial charge is 0.120 e. The highest BCUT2D eigenvalue weighted by atomic mass is 35.5. The molecule has 2 heteroatoms. The summed E-state index contributed by atoms with van der Waals surface area (Å²) in [6.07, 6.45) is 2.54. The lowest BCUT2D eigenvalue weighted by Crippen LogP contribution is -1.99. The maximum absolute atomic E-state index is 10.2. The van der Waals surface area contributed by atoms with Crippen molar-refractivity contribution in [2.45, 2.75) is 19.8 Å². The zero-order chi connectivity index (χ0) is 9.68. The fraction of sp³-hybridized carbons (Fsp3) is 0.364. The van der Waals surface area contributed by atoms with E-state index in [-0.39, 0.29) is 0 Å². The van der Waals surface area contributed by atoms with Gasteiger partial charge in [0.1, 0.15) is 6.29 Å². The first kappa shape index (κ1) is 10.3. The van der Waals surface area contributed by atoms with Gasteiger partial charge >= 0.3 is 0 Å². The topological polar surface area (TPSA) is 17.1 Å². The van der Waals surface area contributed by atoms with Gasteiger partial charge in [0.25, 0.3) is 0 Å². The van der Waals surface area contributed by atoms with Crippen LogP contribution >= 0.6 is 11.6 Å². The summed E-state index contributed by atoms with van der Waals surface area (Å²) in [5, 5.41) is 0.756. The average molecular weight is 197 g/mol. The fourth-order valence-electron chi connectivity index (χ4n) is 1.27. The molecule has 0 bridgehead atoms. The van der Waals surface area contributed by atoms with Gasteiger partial charge in [0.15, 0.2) is 0 Å². The molecule has 70 valence electrons. The summed E-state index contributed by atoms with van der Waals surface area (Å²) in [6, 6.07) is 7.77. The molecule has 0 heterocycles. The van der Waals surface area contributed by atoms with Crippen molar-refractivity contribution in [1.29, 1.82) is 0 Å². The standard InChI is InChI=1S/C11H13ClO/c1-9(6-7-13)8-10-2-4-11(12)5-3-10/h2-5,7,9H,6,8H2,1H3. The Bertz CT molecular complexity index is 266. The highest BCUT2D eigenvalue weighted by molar-refractivity contribution is 6.30. The van der Waals surface area contributed by atoms with Crippen molar-refractivity contribution in [1.82, 2.24) is 0 Å². The third kappa shape index (κ3) is 3.60. The van der Waals surface area contributed by atoms with Gasteiger partial charge in [-0.25, -0.2) is 0 Å². The number of carbonyl (C=O) groups is 1. The summed E-state index contributed by atoms with van der Waals surface area (Å²) in [7, 11) is 0. The van der Waals surface area contributed by atoms with Crippen molar-refractivity contribution in [2.24, 2.45) is 5.92 Å². The van der Waals surface area contributed by atoms with Gasteiger partial charge < -0.3 is 4.79 Å². The first-order valence-electron chi connectivity index (χ1n) is 4.40. The molecule has 1 aromatic rings. The summed E-state index contributed by atoms with van der Waals surface area (Å²) in [4.78, 5) is 10.2. The summed E-state index contributed by atoms with van der Waals surface area (Å²) in [5.41, 5.74) is 1.23. The maximum atomic E-state index is 10.2. The zero-order valence-electron chi connectivity index (χ0n) is 7.66. The van der Waals surface area contributed by atoms with Crippen molar-refractivity contribution < 1.29 is 4.79 Å². The molecule has 1 aromatic carbocycles. The maximum Gasteiger partial charge on any atom is 0.120 e. The summed E-state index contributed by atoms with van der Waals surface area (Å²) in [6.45, 7) is 2.07. The Morgan fingerprint density at radius 3 is 2.54 bits per heavy atom. The van der Waals surface area contributed by atoms with E-state index in [1.807, 2.05) is 24.3 Å². The number of carbonyl (C=O) groups excluding carboxylic acids is 1. The van der Waals surface area contributed by atoms with Crippen molar-refractivity contribution in [3.8, 4) is 0 Å². The minimum atomic E-state index is 0.415. The van der Waals surface area contributed by atoms with Crippen LogP contribution in [0.1, 0.15) is 18.9 Å². The van der Waals surface area contributed by atoms with Crippen molar-refractivity contribution >= 4 is 17.9 Å². The molecule has 13 heavy (non-hydrogen) atoms. The number of halogens is 1. The van der Waals surface area contributed by atoms with E-state index in [1.54, 1.807) is 0 Å². The lowest BCUT2D eigenvalue weighted by molar-refractivity contribution is -0.108. The molecule has 0 spiro atoms. The predicted molar refractivity (Wildman–Crippen MR) is 55.0 cm³/mol. The Morgan fingerprint density at radius 2 is 2.00 bits per heavy atom. The second kappa shape index (κ2) is 5.03. The Morgan fingerprint density at radius 1 is 1.38 bits per heavy atom. The van der Waals surface area contributed by atoms with E-state index in [1.165, 1.54) is 5.56 Å². The normalized spacial score (nSPS) is 12.5. The predicted octanol–water partition coefficient (Wildman–Crippen LogP) is 3.11. The van der Waals surface area contributed by atoms with Crippen LogP contribution in [0.5, 0.6) is 0 Å². The third-order valence-electron chi connectivity index (χ3n) is 2.00. The fourth-order valence-corrected chi connectivity index (χ4v) is 1.40. The van der Waals surface area contributed by atoms with Crippen LogP contribution in [0.25, 0.3) is 0 Å². The van der Waals surface area contributed by atoms with Gasteiger partial charge in [0.2, 0.25) is 0 Å². The van der Waals surface area contributed by atoms with E-state index < -0.39 is 0 Å². The molecule has 0 saturated heterocycles. The highest BCUT2D eigenvalue weighted by Gasteiger charge is 2.02. The molecule has 0 aliphatic carbocycles. The van der Waals surface area contributed by atoms with Gasteiger partial charge in [0, 0.05) is 11.4 Å².